The number of fused-ring (bicyclic) bond motifs is 6. The van der Waals surface area contributed by atoms with Gasteiger partial charge in [-0.05, 0) is 98.5 Å². The van der Waals surface area contributed by atoms with E-state index in [1.807, 2.05) is 6.07 Å². The Balaban J connectivity index is 1.24. The van der Waals surface area contributed by atoms with Gasteiger partial charge in [0, 0.05) is 33.5 Å². The van der Waals surface area contributed by atoms with Gasteiger partial charge in [-0.15, -0.1) is 0 Å². The molecule has 4 aromatic heterocycles. The number of furan rings is 2. The molecule has 9 rings (SSSR count). The first-order chi connectivity index (χ1) is 30.2. The lowest BCUT2D eigenvalue weighted by Gasteiger charge is -2.27. The summed E-state index contributed by atoms with van der Waals surface area (Å²) in [6.07, 6.45) is 3.12. The molecule has 0 aliphatic carbocycles. The van der Waals surface area contributed by atoms with Crippen molar-refractivity contribution in [2.45, 2.75) is 105 Å². The number of nitrogens with zero attached hydrogens (tertiary/aromatic N) is 7. The van der Waals surface area contributed by atoms with E-state index in [0.29, 0.717) is 55.8 Å². The molecule has 4 heterocycles. The molecule has 0 aliphatic heterocycles. The molecule has 0 aliphatic rings. The molecule has 0 unspecified atom stereocenters. The summed E-state index contributed by atoms with van der Waals surface area (Å²) < 4.78 is 13.6. The lowest BCUT2D eigenvalue weighted by molar-refractivity contribution is 0.590. The summed E-state index contributed by atoms with van der Waals surface area (Å²) in [6, 6.07) is 38.6. The molecule has 0 bridgehead atoms. The Morgan fingerprint density at radius 3 is 0.938 bits per heavy atom. The molecule has 0 amide bonds. The molecule has 0 spiro atoms. The predicted molar refractivity (Wildman–Crippen MR) is 261 cm³/mol. The molecule has 322 valence electrons. The van der Waals surface area contributed by atoms with Gasteiger partial charge in [0.1, 0.15) is 35.3 Å². The van der Waals surface area contributed by atoms with Crippen LogP contribution in [-0.4, -0.2) is 19.9 Å². The van der Waals surface area contributed by atoms with Crippen LogP contribution in [0.4, 0.5) is 34.4 Å². The third-order valence-corrected chi connectivity index (χ3v) is 12.2. The maximum atomic E-state index is 11.0. The number of anilines is 6. The molecule has 9 aromatic rings. The average Bonchev–Trinajstić information content (AvgIpc) is 3.82. The quantitative estimate of drug-likeness (QED) is 0.162. The Labute approximate surface area is 375 Å². The summed E-state index contributed by atoms with van der Waals surface area (Å²) in [7, 11) is 0. The molecule has 0 radical (unpaired) electrons. The van der Waals surface area contributed by atoms with E-state index >= 15 is 0 Å². The molecule has 9 heteroatoms. The molecule has 9 nitrogen and oxygen atoms in total. The second-order valence-electron chi connectivity index (χ2n) is 20.9. The van der Waals surface area contributed by atoms with Crippen LogP contribution in [0.15, 0.2) is 125 Å². The van der Waals surface area contributed by atoms with Crippen molar-refractivity contribution in [1.29, 1.82) is 5.26 Å². The van der Waals surface area contributed by atoms with E-state index in [4.69, 9.17) is 28.8 Å². The van der Waals surface area contributed by atoms with Crippen molar-refractivity contribution < 1.29 is 8.83 Å². The normalized spacial score (nSPS) is 12.7. The third kappa shape index (κ3) is 7.41. The Morgan fingerprint density at radius 1 is 0.406 bits per heavy atom. The van der Waals surface area contributed by atoms with Crippen LogP contribution in [0.2, 0.25) is 0 Å². The molecule has 0 atom stereocenters. The van der Waals surface area contributed by atoms with Crippen molar-refractivity contribution in [3.8, 4) is 6.07 Å². The zero-order valence-electron chi connectivity index (χ0n) is 38.9. The highest BCUT2D eigenvalue weighted by atomic mass is 16.3. The van der Waals surface area contributed by atoms with Gasteiger partial charge in [0.05, 0.1) is 0 Å². The number of nitriles is 1. The van der Waals surface area contributed by atoms with E-state index in [1.165, 1.54) is 22.3 Å². The van der Waals surface area contributed by atoms with Crippen molar-refractivity contribution in [2.24, 2.45) is 0 Å². The van der Waals surface area contributed by atoms with E-state index in [1.54, 1.807) is 12.7 Å². The van der Waals surface area contributed by atoms with Crippen molar-refractivity contribution in [2.75, 3.05) is 9.80 Å². The fourth-order valence-electron chi connectivity index (χ4n) is 8.37. The average molecular weight is 846 g/mol. The molecular weight excluding hydrogens is 791 g/mol. The van der Waals surface area contributed by atoms with Gasteiger partial charge in [-0.3, -0.25) is 9.80 Å². The van der Waals surface area contributed by atoms with Crippen molar-refractivity contribution in [1.82, 2.24) is 19.9 Å². The lowest BCUT2D eigenvalue weighted by atomic mass is 9.86. The van der Waals surface area contributed by atoms with Crippen LogP contribution in [0.5, 0.6) is 0 Å². The van der Waals surface area contributed by atoms with Gasteiger partial charge in [0.25, 0.3) is 0 Å². The highest BCUT2D eigenvalue weighted by Gasteiger charge is 2.29. The van der Waals surface area contributed by atoms with Crippen molar-refractivity contribution in [3.05, 3.63) is 144 Å². The van der Waals surface area contributed by atoms with Gasteiger partial charge in [-0.2, -0.15) is 5.26 Å². The summed E-state index contributed by atoms with van der Waals surface area (Å²) in [5.41, 5.74) is 11.4. The molecule has 5 aromatic carbocycles. The maximum Gasteiger partial charge on any atom is 0.197 e. The Morgan fingerprint density at radius 2 is 0.688 bits per heavy atom. The van der Waals surface area contributed by atoms with E-state index in [2.05, 4.69) is 196 Å². The van der Waals surface area contributed by atoms with Gasteiger partial charge in [0.2, 0.25) is 0 Å². The first-order valence-corrected chi connectivity index (χ1v) is 21.9. The molecule has 0 fully saturated rings. The van der Waals surface area contributed by atoms with E-state index < -0.39 is 0 Å². The van der Waals surface area contributed by atoms with E-state index in [-0.39, 0.29) is 27.2 Å². The topological polar surface area (TPSA) is 108 Å². The predicted octanol–water partition coefficient (Wildman–Crippen LogP) is 15.1. The molecule has 0 saturated carbocycles. The smallest absolute Gasteiger partial charge is 0.197 e. The van der Waals surface area contributed by atoms with Gasteiger partial charge < -0.3 is 8.83 Å². The first-order valence-electron chi connectivity index (χ1n) is 21.9. The van der Waals surface area contributed by atoms with Crippen molar-refractivity contribution in [3.63, 3.8) is 0 Å². The SMILES string of the molecule is CC(C)(C)c1ccc(N(c2ccc(C(C)(C)C)cc2)c2ncnc3c2oc2c(C#N)c4oc5c(N(c6ccc(C(C)(C)C)cc6)c6ccc(C(C)(C)C)cc6)ncnc5c4cc23)cc1. The fraction of sp³-hybridized carbons (Fsp3) is 0.291. The third-order valence-electron chi connectivity index (χ3n) is 12.2. The van der Waals surface area contributed by atoms with Crippen molar-refractivity contribution >= 4 is 78.5 Å². The van der Waals surface area contributed by atoms with Crippen LogP contribution in [0.25, 0.3) is 44.1 Å². The Hall–Kier alpha value is -7.05. The number of hydrogen-bond acceptors (Lipinski definition) is 9. The van der Waals surface area contributed by atoms with Crippen LogP contribution >= 0.6 is 0 Å². The minimum absolute atomic E-state index is 0.0210. The minimum Gasteiger partial charge on any atom is -0.449 e. The van der Waals surface area contributed by atoms with Crippen LogP contribution in [0.1, 0.15) is 111 Å². The second-order valence-corrected chi connectivity index (χ2v) is 20.9. The molecule has 0 saturated heterocycles. The highest BCUT2D eigenvalue weighted by Crippen LogP contribution is 2.46. The standard InChI is InChI=1S/C55H55N7O2/c1-52(2,3)33-13-21-37(22-14-33)61(38-23-15-34(16-24-38)53(4,5)6)50-48-44(57-31-59-50)41-29-42-45-49(64-47(42)43(30-56)46(41)63-48)51(60-32-58-45)62(39-25-17-35(18-26-39)54(7,8)9)40-27-19-36(20-28-40)55(10,11)12/h13-29,31-32H,1-12H3. The summed E-state index contributed by atoms with van der Waals surface area (Å²) in [5, 5.41) is 12.3. The molecular formula is C55H55N7O2. The first kappa shape index (κ1) is 42.3. The van der Waals surface area contributed by atoms with Gasteiger partial charge in [-0.25, -0.2) is 19.9 Å². The Bertz CT molecular complexity index is 2910. The van der Waals surface area contributed by atoms with Gasteiger partial charge in [-0.1, -0.05) is 132 Å². The van der Waals surface area contributed by atoms with E-state index in [9.17, 15) is 5.26 Å². The highest BCUT2D eigenvalue weighted by molar-refractivity contribution is 6.18. The van der Waals surface area contributed by atoms with Crippen LogP contribution < -0.4 is 9.80 Å². The van der Waals surface area contributed by atoms with Crippen LogP contribution in [-0.2, 0) is 21.7 Å². The summed E-state index contributed by atoms with van der Waals surface area (Å²) in [4.78, 5) is 23.5. The zero-order chi connectivity index (χ0) is 45.5. The van der Waals surface area contributed by atoms with Gasteiger partial charge in [0.15, 0.2) is 34.0 Å². The monoisotopic (exact) mass is 845 g/mol. The maximum absolute atomic E-state index is 11.0. The van der Waals surface area contributed by atoms with E-state index in [0.717, 1.165) is 22.7 Å². The second kappa shape index (κ2) is 15.0. The summed E-state index contributed by atoms with van der Waals surface area (Å²) >= 11 is 0. The summed E-state index contributed by atoms with van der Waals surface area (Å²) in [5.74, 6) is 1.10. The summed E-state index contributed by atoms with van der Waals surface area (Å²) in [6.45, 7) is 26.5. The lowest BCUT2D eigenvalue weighted by Crippen LogP contribution is -2.15. The fourth-order valence-corrected chi connectivity index (χ4v) is 8.37. The number of hydrogen-bond donors (Lipinski definition) is 0. The minimum atomic E-state index is -0.0210. The number of aromatic nitrogens is 4. The van der Waals surface area contributed by atoms with Gasteiger partial charge >= 0.3 is 0 Å². The number of rotatable bonds is 6. The Kier molecular flexibility index (Phi) is 9.94. The van der Waals surface area contributed by atoms with Crippen LogP contribution in [0, 0.1) is 11.3 Å². The molecule has 64 heavy (non-hydrogen) atoms. The molecule has 0 N–H and O–H groups in total. The number of benzene rings is 5. The van der Waals surface area contributed by atoms with Crippen LogP contribution in [0.3, 0.4) is 0 Å². The zero-order valence-corrected chi connectivity index (χ0v) is 38.9. The largest absolute Gasteiger partial charge is 0.449 e.